The fourth-order valence-corrected chi connectivity index (χ4v) is 3.53. The maximum Gasteiger partial charge on any atom is 0.240 e. The predicted molar refractivity (Wildman–Crippen MR) is 107 cm³/mol. The maximum atomic E-state index is 6.10. The highest BCUT2D eigenvalue weighted by Crippen LogP contribution is 2.35. The molecule has 142 valence electrons. The fraction of sp³-hybridized carbons (Fsp3) is 0.158. The summed E-state index contributed by atoms with van der Waals surface area (Å²) in [4.78, 5) is 9.01. The van der Waals surface area contributed by atoms with Gasteiger partial charge in [-0.3, -0.25) is 5.10 Å². The van der Waals surface area contributed by atoms with Crippen LogP contribution in [-0.2, 0) is 0 Å². The third-order valence-electron chi connectivity index (χ3n) is 3.99. The van der Waals surface area contributed by atoms with Crippen molar-refractivity contribution in [3.63, 3.8) is 0 Å². The lowest BCUT2D eigenvalue weighted by Crippen LogP contribution is -1.91. The number of benzene rings is 2. The lowest BCUT2D eigenvalue weighted by atomic mass is 10.2. The van der Waals surface area contributed by atoms with Crippen molar-refractivity contribution >= 4 is 23.4 Å². The number of aromatic amines is 1. The summed E-state index contributed by atoms with van der Waals surface area (Å²) in [5.41, 5.74) is 1.65. The highest BCUT2D eigenvalue weighted by atomic mass is 35.5. The van der Waals surface area contributed by atoms with Gasteiger partial charge in [0.15, 0.2) is 5.82 Å². The first-order chi connectivity index (χ1) is 13.6. The molecule has 0 spiro atoms. The molecular formula is C19H16ClN5O2S. The van der Waals surface area contributed by atoms with Crippen LogP contribution in [0.2, 0.25) is 5.02 Å². The van der Waals surface area contributed by atoms with Gasteiger partial charge in [0.25, 0.3) is 0 Å². The Kier molecular flexibility index (Phi) is 5.31. The van der Waals surface area contributed by atoms with E-state index in [1.165, 1.54) is 11.8 Å². The molecular weight excluding hydrogens is 398 g/mol. The molecule has 2 heterocycles. The van der Waals surface area contributed by atoms with Gasteiger partial charge < -0.3 is 9.26 Å². The van der Waals surface area contributed by atoms with Crippen LogP contribution in [0.25, 0.3) is 22.8 Å². The van der Waals surface area contributed by atoms with Gasteiger partial charge in [0.2, 0.25) is 16.9 Å². The minimum absolute atomic E-state index is 0.116. The molecule has 0 bridgehead atoms. The van der Waals surface area contributed by atoms with Gasteiger partial charge in [0, 0.05) is 10.6 Å². The Balaban J connectivity index is 1.52. The number of rotatable bonds is 6. The van der Waals surface area contributed by atoms with Crippen LogP contribution in [-0.4, -0.2) is 32.4 Å². The molecule has 28 heavy (non-hydrogen) atoms. The average molecular weight is 414 g/mol. The van der Waals surface area contributed by atoms with Crippen LogP contribution in [0.5, 0.6) is 5.75 Å². The van der Waals surface area contributed by atoms with E-state index in [2.05, 4.69) is 25.3 Å². The van der Waals surface area contributed by atoms with Gasteiger partial charge in [-0.1, -0.05) is 58.9 Å². The number of halogens is 1. The number of thioether (sulfide) groups is 1. The molecule has 9 heteroatoms. The first-order valence-electron chi connectivity index (χ1n) is 8.46. The molecule has 4 aromatic rings. The number of nitrogens with one attached hydrogen (secondary N) is 1. The quantitative estimate of drug-likeness (QED) is 0.443. The highest BCUT2D eigenvalue weighted by molar-refractivity contribution is 7.99. The van der Waals surface area contributed by atoms with Gasteiger partial charge in [-0.05, 0) is 25.1 Å². The Morgan fingerprint density at radius 1 is 1.14 bits per heavy atom. The second-order valence-corrected chi connectivity index (χ2v) is 7.64. The van der Waals surface area contributed by atoms with Gasteiger partial charge in [0.1, 0.15) is 5.75 Å². The number of hydrogen-bond donors (Lipinski definition) is 1. The van der Waals surface area contributed by atoms with Crippen LogP contribution in [0.4, 0.5) is 0 Å². The Bertz CT molecular complexity index is 1080. The van der Waals surface area contributed by atoms with E-state index < -0.39 is 0 Å². The summed E-state index contributed by atoms with van der Waals surface area (Å²) in [5.74, 6) is 2.30. The van der Waals surface area contributed by atoms with Crippen molar-refractivity contribution in [1.82, 2.24) is 25.3 Å². The SMILES string of the molecule is COc1ccc(Cl)cc1-c1nc(SC(C)c2nc(-c3ccccc3)no2)n[nH]1. The molecule has 4 rings (SSSR count). The van der Waals surface area contributed by atoms with E-state index >= 15 is 0 Å². The molecule has 0 amide bonds. The Morgan fingerprint density at radius 2 is 1.96 bits per heavy atom. The molecule has 0 aliphatic heterocycles. The number of H-pyrrole nitrogens is 1. The Labute approximate surface area is 170 Å². The minimum atomic E-state index is -0.116. The number of nitrogens with zero attached hydrogens (tertiary/aromatic N) is 4. The smallest absolute Gasteiger partial charge is 0.240 e. The van der Waals surface area contributed by atoms with E-state index in [1.54, 1.807) is 25.3 Å². The van der Waals surface area contributed by atoms with Crippen molar-refractivity contribution in [3.8, 4) is 28.5 Å². The summed E-state index contributed by atoms with van der Waals surface area (Å²) in [6.07, 6.45) is 0. The van der Waals surface area contributed by atoms with E-state index in [1.807, 2.05) is 37.3 Å². The summed E-state index contributed by atoms with van der Waals surface area (Å²) in [5, 5.41) is 12.3. The average Bonchev–Trinajstić information content (AvgIpc) is 3.38. The summed E-state index contributed by atoms with van der Waals surface area (Å²) in [6, 6.07) is 15.0. The van der Waals surface area contributed by atoms with Crippen molar-refractivity contribution in [3.05, 3.63) is 59.4 Å². The van der Waals surface area contributed by atoms with Crippen molar-refractivity contribution in [2.75, 3.05) is 7.11 Å². The summed E-state index contributed by atoms with van der Waals surface area (Å²) in [6.45, 7) is 1.96. The van der Waals surface area contributed by atoms with E-state index in [4.69, 9.17) is 20.9 Å². The fourth-order valence-electron chi connectivity index (χ4n) is 2.60. The van der Waals surface area contributed by atoms with Crippen molar-refractivity contribution in [2.45, 2.75) is 17.3 Å². The zero-order valence-corrected chi connectivity index (χ0v) is 16.7. The molecule has 1 atom stereocenters. The molecule has 2 aromatic heterocycles. The lowest BCUT2D eigenvalue weighted by Gasteiger charge is -2.05. The molecule has 0 aliphatic carbocycles. The van der Waals surface area contributed by atoms with Gasteiger partial charge in [-0.25, -0.2) is 4.98 Å². The maximum absolute atomic E-state index is 6.10. The van der Waals surface area contributed by atoms with Crippen molar-refractivity contribution < 1.29 is 9.26 Å². The first kappa shape index (κ1) is 18.5. The highest BCUT2D eigenvalue weighted by Gasteiger charge is 2.19. The second-order valence-electron chi connectivity index (χ2n) is 5.89. The third kappa shape index (κ3) is 3.88. The molecule has 0 saturated carbocycles. The van der Waals surface area contributed by atoms with E-state index in [-0.39, 0.29) is 5.25 Å². The predicted octanol–water partition coefficient (Wildman–Crippen LogP) is 5.04. The third-order valence-corrected chi connectivity index (χ3v) is 5.17. The minimum Gasteiger partial charge on any atom is -0.496 e. The normalized spacial score (nSPS) is 12.1. The van der Waals surface area contributed by atoms with Gasteiger partial charge in [-0.2, -0.15) is 4.98 Å². The number of ether oxygens (including phenoxy) is 1. The van der Waals surface area contributed by atoms with Gasteiger partial charge in [-0.15, -0.1) is 5.10 Å². The van der Waals surface area contributed by atoms with Gasteiger partial charge >= 0.3 is 0 Å². The molecule has 0 aliphatic rings. The number of aromatic nitrogens is 5. The summed E-state index contributed by atoms with van der Waals surface area (Å²) >= 11 is 7.51. The topological polar surface area (TPSA) is 89.7 Å². The molecule has 7 nitrogen and oxygen atoms in total. The van der Waals surface area contributed by atoms with Crippen LogP contribution in [0, 0.1) is 0 Å². The van der Waals surface area contributed by atoms with Gasteiger partial charge in [0.05, 0.1) is 17.9 Å². The van der Waals surface area contributed by atoms with Crippen molar-refractivity contribution in [1.29, 1.82) is 0 Å². The van der Waals surface area contributed by atoms with Crippen molar-refractivity contribution in [2.24, 2.45) is 0 Å². The van der Waals surface area contributed by atoms with E-state index in [0.29, 0.717) is 33.5 Å². The molecule has 0 fully saturated rings. The largest absolute Gasteiger partial charge is 0.496 e. The number of methoxy groups -OCH3 is 1. The molecule has 1 unspecified atom stereocenters. The lowest BCUT2D eigenvalue weighted by molar-refractivity contribution is 0.380. The summed E-state index contributed by atoms with van der Waals surface area (Å²) in [7, 11) is 1.60. The van der Waals surface area contributed by atoms with Crippen LogP contribution >= 0.6 is 23.4 Å². The zero-order valence-electron chi connectivity index (χ0n) is 15.1. The Hall–Kier alpha value is -2.84. The van der Waals surface area contributed by atoms with Crippen LogP contribution < -0.4 is 4.74 Å². The van der Waals surface area contributed by atoms with Crippen LogP contribution in [0.3, 0.4) is 0 Å². The second kappa shape index (κ2) is 8.04. The standard InChI is InChI=1S/C19H16ClN5O2S/c1-11(18-21-16(25-27-18)12-6-4-3-5-7-12)28-19-22-17(23-24-19)14-10-13(20)8-9-15(14)26-2/h3-11H,1-2H3,(H,22,23,24). The first-order valence-corrected chi connectivity index (χ1v) is 9.72. The molecule has 0 saturated heterocycles. The zero-order chi connectivity index (χ0) is 19.5. The summed E-state index contributed by atoms with van der Waals surface area (Å²) < 4.78 is 10.8. The molecule has 0 radical (unpaired) electrons. The van der Waals surface area contributed by atoms with E-state index in [9.17, 15) is 0 Å². The monoisotopic (exact) mass is 413 g/mol. The molecule has 2 aromatic carbocycles. The van der Waals surface area contributed by atoms with E-state index in [0.717, 1.165) is 11.1 Å². The Morgan fingerprint density at radius 3 is 2.75 bits per heavy atom. The number of hydrogen-bond acceptors (Lipinski definition) is 7. The molecule has 1 N–H and O–H groups in total. The van der Waals surface area contributed by atoms with Crippen LogP contribution in [0.1, 0.15) is 18.1 Å². The van der Waals surface area contributed by atoms with Crippen LogP contribution in [0.15, 0.2) is 58.2 Å².